The molecule has 10 nitrogen and oxygen atoms in total. The first-order valence-corrected chi connectivity index (χ1v) is 15.6. The minimum Gasteiger partial charge on any atom is -0.497 e. The summed E-state index contributed by atoms with van der Waals surface area (Å²) in [7, 11) is -2.78. The van der Waals surface area contributed by atoms with Crippen LogP contribution in [0.15, 0.2) is 35.7 Å². The van der Waals surface area contributed by atoms with E-state index in [-0.39, 0.29) is 43.9 Å². The average Bonchev–Trinajstić information content (AvgIpc) is 3.58. The lowest BCUT2D eigenvalue weighted by Crippen LogP contribution is -2.55. The Morgan fingerprint density at radius 3 is 2.57 bits per heavy atom. The number of hydrogen-bond donors (Lipinski definition) is 2. The predicted octanol–water partition coefficient (Wildman–Crippen LogP) is 3.94. The highest BCUT2D eigenvalue weighted by atomic mass is 35.5. The van der Waals surface area contributed by atoms with Crippen LogP contribution in [0, 0.1) is 0 Å². The van der Waals surface area contributed by atoms with Crippen LogP contribution in [0.25, 0.3) is 6.08 Å². The molecule has 0 bridgehead atoms. The Balaban J connectivity index is 1.38. The molecule has 0 aliphatic carbocycles. The molecule has 2 fully saturated rings. The molecule has 1 aromatic carbocycles. The van der Waals surface area contributed by atoms with Crippen molar-refractivity contribution in [2.24, 2.45) is 0 Å². The summed E-state index contributed by atoms with van der Waals surface area (Å²) in [6.45, 7) is 0.0707. The standard InChI is InChI=1S/C26H28ClF3N4O6S2/c1-40-18-13-16(26(28,29)30)12-17(14-18)31-24(36)21-5-3-10-34(21)23(35)15-33-9-2-4-20(25(33)37)32-42(38,39)11-8-19-6-7-22(27)41-19/h6-8,11-14,20-21,32H,2-5,9-10,15H2,1H3,(H,31,36)/b11-8+/t20-,21+/m0/s1. The lowest BCUT2D eigenvalue weighted by Gasteiger charge is -2.33. The fourth-order valence-corrected chi connectivity index (χ4v) is 6.86. The van der Waals surface area contributed by atoms with Crippen molar-refractivity contribution in [3.63, 3.8) is 0 Å². The first-order valence-electron chi connectivity index (χ1n) is 12.9. The number of sulfonamides is 1. The van der Waals surface area contributed by atoms with E-state index in [1.54, 1.807) is 12.1 Å². The molecule has 0 unspecified atom stereocenters. The summed E-state index contributed by atoms with van der Waals surface area (Å²) in [6.07, 6.45) is -1.85. The SMILES string of the molecule is COc1cc(NC(=O)[C@H]2CCCN2C(=O)CN2CCC[C@H](NS(=O)(=O)/C=C/c3ccc(Cl)s3)C2=O)cc(C(F)(F)F)c1. The van der Waals surface area contributed by atoms with E-state index >= 15 is 0 Å². The Morgan fingerprint density at radius 1 is 1.17 bits per heavy atom. The molecule has 2 atom stereocenters. The van der Waals surface area contributed by atoms with Crippen LogP contribution in [0.4, 0.5) is 18.9 Å². The summed E-state index contributed by atoms with van der Waals surface area (Å²) in [5, 5.41) is 3.39. The first kappa shape index (κ1) is 31.8. The summed E-state index contributed by atoms with van der Waals surface area (Å²) >= 11 is 7.05. The van der Waals surface area contributed by atoms with Crippen molar-refractivity contribution < 1.29 is 40.7 Å². The van der Waals surface area contributed by atoms with Gasteiger partial charge in [0.05, 0.1) is 23.6 Å². The van der Waals surface area contributed by atoms with E-state index in [1.165, 1.54) is 40.4 Å². The number of hydrogen-bond acceptors (Lipinski definition) is 7. The van der Waals surface area contributed by atoms with Gasteiger partial charge in [0, 0.05) is 35.1 Å². The highest BCUT2D eigenvalue weighted by Crippen LogP contribution is 2.34. The van der Waals surface area contributed by atoms with Crippen molar-refractivity contribution in [3.05, 3.63) is 50.5 Å². The second-order valence-corrected chi connectivity index (χ2v) is 13.1. The lowest BCUT2D eigenvalue weighted by molar-refractivity contribution is -0.144. The third kappa shape index (κ3) is 8.02. The number of nitrogens with one attached hydrogen (secondary N) is 2. The van der Waals surface area contributed by atoms with E-state index in [0.717, 1.165) is 17.5 Å². The molecule has 3 amide bonds. The Morgan fingerprint density at radius 2 is 1.90 bits per heavy atom. The number of benzene rings is 1. The van der Waals surface area contributed by atoms with Gasteiger partial charge in [0.1, 0.15) is 17.8 Å². The zero-order valence-corrected chi connectivity index (χ0v) is 24.7. The quantitative estimate of drug-likeness (QED) is 0.425. The van der Waals surface area contributed by atoms with Gasteiger partial charge in [0.25, 0.3) is 0 Å². The molecule has 0 saturated carbocycles. The molecule has 4 rings (SSSR count). The van der Waals surface area contributed by atoms with Gasteiger partial charge in [0.15, 0.2) is 0 Å². The minimum absolute atomic E-state index is 0.0975. The maximum atomic E-state index is 13.3. The maximum Gasteiger partial charge on any atom is 0.416 e. The zero-order valence-electron chi connectivity index (χ0n) is 22.3. The third-order valence-corrected chi connectivity index (χ3v) is 9.09. The van der Waals surface area contributed by atoms with Crippen LogP contribution in [0.3, 0.4) is 0 Å². The summed E-state index contributed by atoms with van der Waals surface area (Å²) in [6, 6.07) is 4.08. The van der Waals surface area contributed by atoms with E-state index in [0.29, 0.717) is 22.1 Å². The highest BCUT2D eigenvalue weighted by molar-refractivity contribution is 7.92. The van der Waals surface area contributed by atoms with Crippen molar-refractivity contribution in [2.75, 3.05) is 32.1 Å². The molecule has 2 aliphatic heterocycles. The van der Waals surface area contributed by atoms with E-state index in [4.69, 9.17) is 16.3 Å². The van der Waals surface area contributed by atoms with Gasteiger partial charge >= 0.3 is 6.18 Å². The second-order valence-electron chi connectivity index (χ2n) is 9.74. The summed E-state index contributed by atoms with van der Waals surface area (Å²) in [5.41, 5.74) is -1.14. The number of amides is 3. The first-order chi connectivity index (χ1) is 19.8. The van der Waals surface area contributed by atoms with Crippen molar-refractivity contribution in [1.29, 1.82) is 0 Å². The molecule has 0 radical (unpaired) electrons. The number of halogens is 4. The Bertz CT molecular complexity index is 1480. The van der Waals surface area contributed by atoms with Gasteiger partial charge in [-0.15, -0.1) is 11.3 Å². The number of nitrogens with zero attached hydrogens (tertiary/aromatic N) is 2. The van der Waals surface area contributed by atoms with Crippen LogP contribution in [0.1, 0.15) is 36.1 Å². The van der Waals surface area contributed by atoms with Crippen LogP contribution in [-0.2, 0) is 30.6 Å². The van der Waals surface area contributed by atoms with Crippen molar-refractivity contribution in [1.82, 2.24) is 14.5 Å². The number of anilines is 1. The van der Waals surface area contributed by atoms with E-state index < -0.39 is 51.6 Å². The molecule has 2 saturated heterocycles. The van der Waals surface area contributed by atoms with Gasteiger partial charge in [-0.05, 0) is 56.0 Å². The molecule has 2 N–H and O–H groups in total. The van der Waals surface area contributed by atoms with E-state index in [1.807, 2.05) is 0 Å². The van der Waals surface area contributed by atoms with Crippen molar-refractivity contribution in [2.45, 2.75) is 43.9 Å². The molecule has 2 aromatic rings. The Kier molecular flexibility index (Phi) is 9.85. The second kappa shape index (κ2) is 13.0. The zero-order chi connectivity index (χ0) is 30.7. The number of likely N-dealkylation sites (tertiary alicyclic amines) is 2. The average molecular weight is 649 g/mol. The van der Waals surface area contributed by atoms with Crippen LogP contribution in [0.5, 0.6) is 5.75 Å². The summed E-state index contributed by atoms with van der Waals surface area (Å²) in [5.74, 6) is -1.86. The van der Waals surface area contributed by atoms with Gasteiger partial charge in [-0.1, -0.05) is 11.6 Å². The molecular weight excluding hydrogens is 621 g/mol. The number of thiophene rings is 1. The number of rotatable bonds is 9. The molecule has 16 heteroatoms. The van der Waals surface area contributed by atoms with E-state index in [2.05, 4.69) is 10.0 Å². The smallest absolute Gasteiger partial charge is 0.416 e. The van der Waals surface area contributed by atoms with Crippen LogP contribution in [0.2, 0.25) is 4.34 Å². The monoisotopic (exact) mass is 648 g/mol. The fourth-order valence-electron chi connectivity index (χ4n) is 4.79. The summed E-state index contributed by atoms with van der Waals surface area (Å²) < 4.78 is 72.7. The molecule has 3 heterocycles. The summed E-state index contributed by atoms with van der Waals surface area (Å²) in [4.78, 5) is 42.4. The number of carbonyl (C=O) groups excluding carboxylic acids is 3. The number of methoxy groups -OCH3 is 1. The topological polar surface area (TPSA) is 125 Å². The number of carbonyl (C=O) groups is 3. The van der Waals surface area contributed by atoms with E-state index in [9.17, 15) is 36.0 Å². The van der Waals surface area contributed by atoms with Gasteiger partial charge in [-0.2, -0.15) is 17.9 Å². The third-order valence-electron chi connectivity index (χ3n) is 6.78. The van der Waals surface area contributed by atoms with Gasteiger partial charge in [-0.25, -0.2) is 8.42 Å². The number of alkyl halides is 3. The molecular formula is C26H28ClF3N4O6S2. The van der Waals surface area contributed by atoms with Crippen LogP contribution >= 0.6 is 22.9 Å². The fraction of sp³-hybridized carbons (Fsp3) is 0.423. The Labute approximate surface area is 249 Å². The highest BCUT2D eigenvalue weighted by Gasteiger charge is 2.38. The minimum atomic E-state index is -4.66. The molecule has 42 heavy (non-hydrogen) atoms. The van der Waals surface area contributed by atoms with Gasteiger partial charge in [0.2, 0.25) is 27.7 Å². The molecule has 0 spiro atoms. The predicted molar refractivity (Wildman–Crippen MR) is 151 cm³/mol. The molecule has 1 aromatic heterocycles. The maximum absolute atomic E-state index is 13.3. The number of piperidine rings is 1. The number of ether oxygens (including phenoxy) is 1. The van der Waals surface area contributed by atoms with Crippen LogP contribution < -0.4 is 14.8 Å². The van der Waals surface area contributed by atoms with Gasteiger partial charge < -0.3 is 19.9 Å². The van der Waals surface area contributed by atoms with Crippen LogP contribution in [-0.4, -0.2) is 74.8 Å². The van der Waals surface area contributed by atoms with Crippen molar-refractivity contribution in [3.8, 4) is 5.75 Å². The Hall–Kier alpha value is -3.14. The molecule has 228 valence electrons. The normalized spacial score (nSPS) is 19.9. The largest absolute Gasteiger partial charge is 0.497 e. The van der Waals surface area contributed by atoms with Gasteiger partial charge in [-0.3, -0.25) is 14.4 Å². The lowest BCUT2D eigenvalue weighted by atomic mass is 10.1. The molecule has 2 aliphatic rings. The van der Waals surface area contributed by atoms with Crippen molar-refractivity contribution >= 4 is 62.4 Å².